The fourth-order valence-corrected chi connectivity index (χ4v) is 3.06. The number of amides is 2. The number of nitrogens with zero attached hydrogens (tertiary/aromatic N) is 2. The van der Waals surface area contributed by atoms with Gasteiger partial charge in [-0.3, -0.25) is 9.59 Å². The number of carbonyl (C=O) groups excluding carboxylic acids is 2. The SMILES string of the molecule is CN(C)c1ccc(/C=C(/NC(=O)c2ccccc2)C(=O)N/N=C/c2ccccc2OCC(=O)O)cc1. The molecule has 9 nitrogen and oxygen atoms in total. The summed E-state index contributed by atoms with van der Waals surface area (Å²) in [6.07, 6.45) is 2.88. The van der Waals surface area contributed by atoms with Crippen LogP contribution >= 0.6 is 0 Å². The van der Waals surface area contributed by atoms with E-state index in [4.69, 9.17) is 9.84 Å². The van der Waals surface area contributed by atoms with Crippen molar-refractivity contribution in [1.82, 2.24) is 10.7 Å². The highest BCUT2D eigenvalue weighted by molar-refractivity contribution is 6.05. The predicted octanol–water partition coefficient (Wildman–Crippen LogP) is 3.14. The largest absolute Gasteiger partial charge is 0.481 e. The van der Waals surface area contributed by atoms with Gasteiger partial charge in [0.25, 0.3) is 11.8 Å². The Labute approximate surface area is 208 Å². The molecule has 3 rings (SSSR count). The summed E-state index contributed by atoms with van der Waals surface area (Å²) in [5.74, 6) is -1.90. The van der Waals surface area contributed by atoms with E-state index in [2.05, 4.69) is 15.8 Å². The van der Waals surface area contributed by atoms with Crippen LogP contribution in [0.2, 0.25) is 0 Å². The number of hydrazone groups is 1. The van der Waals surface area contributed by atoms with Crippen LogP contribution in [-0.2, 0) is 9.59 Å². The van der Waals surface area contributed by atoms with Gasteiger partial charge in [0.05, 0.1) is 6.21 Å². The molecule has 0 bridgehead atoms. The molecule has 0 aromatic heterocycles. The van der Waals surface area contributed by atoms with E-state index in [1.165, 1.54) is 6.21 Å². The van der Waals surface area contributed by atoms with Crippen molar-refractivity contribution >= 4 is 35.8 Å². The van der Waals surface area contributed by atoms with Crippen LogP contribution in [0.25, 0.3) is 6.08 Å². The number of carboxylic acid groups (broad SMARTS) is 1. The maximum Gasteiger partial charge on any atom is 0.341 e. The summed E-state index contributed by atoms with van der Waals surface area (Å²) in [5.41, 5.74) is 4.95. The van der Waals surface area contributed by atoms with E-state index >= 15 is 0 Å². The van der Waals surface area contributed by atoms with Gasteiger partial charge in [0.15, 0.2) is 6.61 Å². The highest BCUT2D eigenvalue weighted by Crippen LogP contribution is 2.16. The lowest BCUT2D eigenvalue weighted by Gasteiger charge is -2.13. The lowest BCUT2D eigenvalue weighted by atomic mass is 10.1. The van der Waals surface area contributed by atoms with Crippen molar-refractivity contribution in [1.29, 1.82) is 0 Å². The molecule has 3 aromatic rings. The number of benzene rings is 3. The molecule has 2 amide bonds. The van der Waals surface area contributed by atoms with Crippen molar-refractivity contribution in [3.05, 3.63) is 101 Å². The van der Waals surface area contributed by atoms with Crippen molar-refractivity contribution in [2.75, 3.05) is 25.6 Å². The Bertz CT molecular complexity index is 1270. The number of para-hydroxylation sites is 1. The van der Waals surface area contributed by atoms with Gasteiger partial charge in [-0.15, -0.1) is 0 Å². The first-order valence-electron chi connectivity index (χ1n) is 11.0. The van der Waals surface area contributed by atoms with Gasteiger partial charge in [-0.1, -0.05) is 42.5 Å². The number of ether oxygens (including phenoxy) is 1. The molecule has 0 saturated carbocycles. The Balaban J connectivity index is 1.80. The molecule has 0 spiro atoms. The summed E-state index contributed by atoms with van der Waals surface area (Å²) >= 11 is 0. The molecule has 36 heavy (non-hydrogen) atoms. The average Bonchev–Trinajstić information content (AvgIpc) is 2.88. The fourth-order valence-electron chi connectivity index (χ4n) is 3.06. The lowest BCUT2D eigenvalue weighted by molar-refractivity contribution is -0.139. The Morgan fingerprint density at radius 1 is 0.944 bits per heavy atom. The van der Waals surface area contributed by atoms with Crippen molar-refractivity contribution in [3.8, 4) is 5.75 Å². The Morgan fingerprint density at radius 3 is 2.28 bits per heavy atom. The number of carboxylic acids is 1. The zero-order valence-corrected chi connectivity index (χ0v) is 19.8. The van der Waals surface area contributed by atoms with Crippen molar-refractivity contribution < 1.29 is 24.2 Å². The zero-order chi connectivity index (χ0) is 25.9. The number of aliphatic carboxylic acids is 1. The normalized spacial score (nSPS) is 11.1. The van der Waals surface area contributed by atoms with E-state index < -0.39 is 24.4 Å². The van der Waals surface area contributed by atoms with Gasteiger partial charge in [-0.05, 0) is 48.0 Å². The Morgan fingerprint density at radius 2 is 1.61 bits per heavy atom. The molecular formula is C27H26N4O5. The summed E-state index contributed by atoms with van der Waals surface area (Å²) in [5, 5.41) is 15.4. The van der Waals surface area contributed by atoms with Gasteiger partial charge < -0.3 is 20.1 Å². The molecule has 0 heterocycles. The molecular weight excluding hydrogens is 460 g/mol. The number of carbonyl (C=O) groups is 3. The smallest absolute Gasteiger partial charge is 0.341 e. The van der Waals surface area contributed by atoms with Gasteiger partial charge in [-0.2, -0.15) is 5.10 Å². The topological polar surface area (TPSA) is 120 Å². The first kappa shape index (κ1) is 25.7. The number of anilines is 1. The molecule has 3 aromatic carbocycles. The van der Waals surface area contributed by atoms with Crippen molar-refractivity contribution in [2.45, 2.75) is 0 Å². The first-order chi connectivity index (χ1) is 17.3. The zero-order valence-electron chi connectivity index (χ0n) is 19.8. The minimum Gasteiger partial charge on any atom is -0.481 e. The predicted molar refractivity (Wildman–Crippen MR) is 138 cm³/mol. The minimum absolute atomic E-state index is 0.00554. The fraction of sp³-hybridized carbons (Fsp3) is 0.111. The summed E-state index contributed by atoms with van der Waals surface area (Å²) in [6.45, 7) is -0.512. The molecule has 0 aliphatic rings. The van der Waals surface area contributed by atoms with E-state index in [9.17, 15) is 14.4 Å². The van der Waals surface area contributed by atoms with Gasteiger partial charge >= 0.3 is 5.97 Å². The van der Waals surface area contributed by atoms with Gasteiger partial charge in [0, 0.05) is 30.9 Å². The lowest BCUT2D eigenvalue weighted by Crippen LogP contribution is -2.32. The summed E-state index contributed by atoms with van der Waals surface area (Å²) < 4.78 is 5.24. The number of hydrogen-bond donors (Lipinski definition) is 3. The molecule has 0 aliphatic carbocycles. The van der Waals surface area contributed by atoms with E-state index in [0.717, 1.165) is 5.69 Å². The van der Waals surface area contributed by atoms with Crippen LogP contribution in [0, 0.1) is 0 Å². The third-order valence-corrected chi connectivity index (χ3v) is 4.89. The maximum atomic E-state index is 13.0. The molecule has 9 heteroatoms. The Kier molecular flexibility index (Phi) is 8.94. The average molecular weight is 487 g/mol. The van der Waals surface area contributed by atoms with Crippen LogP contribution in [0.5, 0.6) is 5.75 Å². The molecule has 0 atom stereocenters. The standard InChI is InChI=1S/C27H26N4O5/c1-31(2)22-14-12-19(13-15-22)16-23(29-26(34)20-8-4-3-5-9-20)27(35)30-28-17-21-10-6-7-11-24(21)36-18-25(32)33/h3-17H,18H2,1-2H3,(H,29,34)(H,30,35)(H,32,33)/b23-16+,28-17+. The van der Waals surface area contributed by atoms with Crippen molar-refractivity contribution in [3.63, 3.8) is 0 Å². The van der Waals surface area contributed by atoms with Crippen LogP contribution < -0.4 is 20.4 Å². The van der Waals surface area contributed by atoms with E-state index in [1.54, 1.807) is 60.7 Å². The van der Waals surface area contributed by atoms with E-state index in [-0.39, 0.29) is 5.70 Å². The van der Waals surface area contributed by atoms with Crippen LogP contribution in [0.3, 0.4) is 0 Å². The number of hydrogen-bond acceptors (Lipinski definition) is 6. The molecule has 0 saturated heterocycles. The van der Waals surface area contributed by atoms with Crippen LogP contribution in [-0.4, -0.2) is 49.8 Å². The highest BCUT2D eigenvalue weighted by Gasteiger charge is 2.14. The van der Waals surface area contributed by atoms with Crippen LogP contribution in [0.4, 0.5) is 5.69 Å². The summed E-state index contributed by atoms with van der Waals surface area (Å²) in [7, 11) is 3.85. The third kappa shape index (κ3) is 7.56. The third-order valence-electron chi connectivity index (χ3n) is 4.89. The molecule has 0 radical (unpaired) electrons. The van der Waals surface area contributed by atoms with Gasteiger partial charge in [-0.25, -0.2) is 10.2 Å². The van der Waals surface area contributed by atoms with Crippen molar-refractivity contribution in [2.24, 2.45) is 5.10 Å². The van der Waals surface area contributed by atoms with E-state index in [1.807, 2.05) is 43.3 Å². The monoisotopic (exact) mass is 486 g/mol. The molecule has 3 N–H and O–H groups in total. The van der Waals surface area contributed by atoms with Crippen LogP contribution in [0.1, 0.15) is 21.5 Å². The second kappa shape index (κ2) is 12.5. The quantitative estimate of drug-likeness (QED) is 0.230. The minimum atomic E-state index is -1.11. The molecule has 0 aliphatic heterocycles. The number of rotatable bonds is 10. The Hall–Kier alpha value is -4.92. The number of nitrogens with one attached hydrogen (secondary N) is 2. The van der Waals surface area contributed by atoms with Gasteiger partial charge in [0.1, 0.15) is 11.4 Å². The maximum absolute atomic E-state index is 13.0. The van der Waals surface area contributed by atoms with E-state index in [0.29, 0.717) is 22.4 Å². The molecule has 0 unspecified atom stereocenters. The summed E-state index contributed by atoms with van der Waals surface area (Å²) in [6, 6.07) is 22.6. The highest BCUT2D eigenvalue weighted by atomic mass is 16.5. The second-order valence-corrected chi connectivity index (χ2v) is 7.78. The molecule has 0 fully saturated rings. The molecule has 184 valence electrons. The first-order valence-corrected chi connectivity index (χ1v) is 11.0. The second-order valence-electron chi connectivity index (χ2n) is 7.78. The van der Waals surface area contributed by atoms with Gasteiger partial charge in [0.2, 0.25) is 0 Å². The summed E-state index contributed by atoms with van der Waals surface area (Å²) in [4.78, 5) is 38.4. The van der Waals surface area contributed by atoms with Crippen LogP contribution in [0.15, 0.2) is 89.7 Å².